The van der Waals surface area contributed by atoms with E-state index in [9.17, 15) is 63.3 Å². The van der Waals surface area contributed by atoms with E-state index < -0.39 is 218 Å². The van der Waals surface area contributed by atoms with Gasteiger partial charge in [-0.3, -0.25) is 43.2 Å². The summed E-state index contributed by atoms with van der Waals surface area (Å²) in [4.78, 5) is 129. The first-order valence-corrected chi connectivity index (χ1v) is 28.1. The summed E-state index contributed by atoms with van der Waals surface area (Å²) in [5.41, 5.74) is 8.02. The third-order valence-electron chi connectivity index (χ3n) is 16.2. The molecule has 10 unspecified atom stereocenters. The Kier molecular flexibility index (Phi) is 23.0. The number of allylic oxidation sites excluding steroid dienone is 2. The average molecular weight is 1230 g/mol. The van der Waals surface area contributed by atoms with Crippen LogP contribution in [0.2, 0.25) is 0 Å². The first-order chi connectivity index (χ1) is 40.1. The largest absolute Gasteiger partial charge is 0.510 e. The Balaban J connectivity index is 1.42. The number of aliphatic hydroxyl groups is 3. The summed E-state index contributed by atoms with van der Waals surface area (Å²) in [6.45, 7) is 16.8. The van der Waals surface area contributed by atoms with E-state index in [1.165, 1.54) is 13.8 Å². The van der Waals surface area contributed by atoms with Gasteiger partial charge in [0.05, 0.1) is 31.0 Å². The molecule has 5 heterocycles. The molecule has 5 saturated heterocycles. The van der Waals surface area contributed by atoms with Crippen molar-refractivity contribution in [1.82, 2.24) is 16.0 Å². The molecule has 25 atom stereocenters. The highest BCUT2D eigenvalue weighted by Crippen LogP contribution is 2.42. The number of aliphatic hydroxyl groups excluding tert-OH is 2. The molecule has 0 spiro atoms. The lowest BCUT2D eigenvalue weighted by molar-refractivity contribution is -0.373. The maximum absolute atomic E-state index is 13.9. The Morgan fingerprint density at radius 2 is 1.12 bits per heavy atom. The molecule has 86 heavy (non-hydrogen) atoms. The van der Waals surface area contributed by atoms with E-state index in [4.69, 9.17) is 77.8 Å². The van der Waals surface area contributed by atoms with Gasteiger partial charge in [0.15, 0.2) is 73.9 Å². The van der Waals surface area contributed by atoms with Crippen LogP contribution >= 0.6 is 0 Å². The van der Waals surface area contributed by atoms with Gasteiger partial charge in [0, 0.05) is 72.1 Å². The van der Waals surface area contributed by atoms with Gasteiger partial charge < -0.3 is 109 Å². The molecule has 0 aromatic heterocycles. The zero-order valence-corrected chi connectivity index (χ0v) is 50.0. The molecule has 10 N–H and O–H groups in total. The molecule has 0 saturated carbocycles. The van der Waals surface area contributed by atoms with E-state index in [2.05, 4.69) is 16.0 Å². The van der Waals surface area contributed by atoms with Gasteiger partial charge in [-0.25, -0.2) is 4.79 Å². The predicted octanol–water partition coefficient (Wildman–Crippen LogP) is -1.71. The summed E-state index contributed by atoms with van der Waals surface area (Å²) in [6.07, 6.45) is -28.7. The Labute approximate surface area is 494 Å². The van der Waals surface area contributed by atoms with E-state index in [1.807, 2.05) is 0 Å². The van der Waals surface area contributed by atoms with Crippen LogP contribution in [0, 0.1) is 29.6 Å². The van der Waals surface area contributed by atoms with Gasteiger partial charge in [-0.1, -0.05) is 34.6 Å². The van der Waals surface area contributed by atoms with Crippen molar-refractivity contribution in [2.24, 2.45) is 41.1 Å². The van der Waals surface area contributed by atoms with Crippen molar-refractivity contribution in [2.75, 3.05) is 13.2 Å². The lowest BCUT2D eigenvalue weighted by Crippen LogP contribution is -2.72. The smallest absolute Gasteiger partial charge is 0.404 e. The predicted molar refractivity (Wildman–Crippen MR) is 282 cm³/mol. The highest BCUT2D eigenvalue weighted by Gasteiger charge is 2.61. The number of carbonyl (C=O) groups is 10. The number of ketones is 1. The molecule has 6 rings (SSSR count). The molecule has 0 radical (unpaired) electrons. The fourth-order valence-electron chi connectivity index (χ4n) is 11.6. The summed E-state index contributed by atoms with van der Waals surface area (Å²) < 4.78 is 85.3. The van der Waals surface area contributed by atoms with E-state index in [0.717, 1.165) is 34.6 Å². The lowest BCUT2D eigenvalue weighted by atomic mass is 9.82. The number of amides is 5. The summed E-state index contributed by atoms with van der Waals surface area (Å²) in [5.74, 6) is -10.6. The summed E-state index contributed by atoms with van der Waals surface area (Å²) in [5, 5.41) is 41.4. The molecule has 32 nitrogen and oxygen atoms in total. The van der Waals surface area contributed by atoms with E-state index in [-0.39, 0.29) is 30.9 Å². The van der Waals surface area contributed by atoms with Crippen molar-refractivity contribution in [2.45, 2.75) is 225 Å². The number of hydrogen-bond acceptors (Lipinski definition) is 27. The molecule has 5 aliphatic heterocycles. The maximum Gasteiger partial charge on any atom is 0.404 e. The van der Waals surface area contributed by atoms with Crippen LogP contribution in [-0.2, 0) is 109 Å². The number of Topliss-reactive ketones (excluding diaryl/α,β-unsaturated/α-hetero) is 1. The van der Waals surface area contributed by atoms with Crippen molar-refractivity contribution >= 4 is 59.4 Å². The van der Waals surface area contributed by atoms with Crippen LogP contribution in [-0.4, -0.2) is 210 Å². The number of carbonyl (C=O) groups excluding carboxylic acids is 10. The Bertz CT molecular complexity index is 2570. The Hall–Kier alpha value is -6.20. The van der Waals surface area contributed by atoms with Gasteiger partial charge in [-0.15, -0.1) is 0 Å². The molecule has 5 fully saturated rings. The third kappa shape index (κ3) is 16.1. The molecule has 0 bridgehead atoms. The molecular formula is C54H81N5O27. The molecule has 0 aromatic rings. The second-order valence-electron chi connectivity index (χ2n) is 22.8. The van der Waals surface area contributed by atoms with Gasteiger partial charge in [-0.05, 0) is 25.7 Å². The third-order valence-corrected chi connectivity index (χ3v) is 16.2. The molecule has 484 valence electrons. The number of nitrogens with two attached hydrogens (primary N) is 2. The van der Waals surface area contributed by atoms with Gasteiger partial charge in [0.25, 0.3) is 5.91 Å². The first kappa shape index (κ1) is 68.9. The van der Waals surface area contributed by atoms with E-state index in [1.54, 1.807) is 41.5 Å². The number of hydrogen-bond donors (Lipinski definition) is 8. The number of rotatable bonds is 20. The number of nitrogens with one attached hydrogen (secondary N) is 3. The van der Waals surface area contributed by atoms with Crippen LogP contribution < -0.4 is 27.4 Å². The molecule has 1 aliphatic carbocycles. The highest BCUT2D eigenvalue weighted by molar-refractivity contribution is 6.02. The van der Waals surface area contributed by atoms with Gasteiger partial charge in [0.2, 0.25) is 17.7 Å². The van der Waals surface area contributed by atoms with Crippen molar-refractivity contribution in [3.8, 4) is 0 Å². The van der Waals surface area contributed by atoms with E-state index >= 15 is 0 Å². The minimum Gasteiger partial charge on any atom is -0.510 e. The quantitative estimate of drug-likeness (QED) is 0.0497. The van der Waals surface area contributed by atoms with Crippen molar-refractivity contribution in [1.29, 1.82) is 0 Å². The van der Waals surface area contributed by atoms with E-state index in [0.29, 0.717) is 0 Å². The average Bonchev–Trinajstić information content (AvgIpc) is 0.931. The highest BCUT2D eigenvalue weighted by atomic mass is 16.8. The SMILES string of the molecule is CC(=O)NC1[C@H](O[C@@H]2C(CO[C@@H]3OC(COC(C)=O)[C@@H](C)[C@H](C)C3OC(C)=O)O[C@@H](OC3[C@H](O)OC(C(N)=O)[C@@](C)(O)[C@@H]3OC(N)=O)C(NC(C)=O)[C@H]2OC(C)=O)OC(C)[C@@H](O[C@@H]2OC(C(=O)NC3=C(O)CCC3=O)[C@H](C)[C@H](C)C2OC(C)=O)[C@@H]1C. The fraction of sp³-hybridized carbons (Fsp3) is 0.778. The number of primary amides is 2. The Morgan fingerprint density at radius 3 is 1.66 bits per heavy atom. The van der Waals surface area contributed by atoms with Crippen molar-refractivity contribution < 1.29 is 130 Å². The molecule has 0 aromatic carbocycles. The van der Waals surface area contributed by atoms with Crippen LogP contribution in [0.1, 0.15) is 103 Å². The second kappa shape index (κ2) is 28.8. The summed E-state index contributed by atoms with van der Waals surface area (Å²) in [7, 11) is 0. The van der Waals surface area contributed by atoms with Crippen LogP contribution in [0.15, 0.2) is 11.5 Å². The van der Waals surface area contributed by atoms with Gasteiger partial charge in [0.1, 0.15) is 48.0 Å². The number of esters is 4. The minimum atomic E-state index is -2.60. The summed E-state index contributed by atoms with van der Waals surface area (Å²) in [6, 6.07) is -3.01. The normalized spacial score (nSPS) is 39.9. The topological polar surface area (TPSA) is 449 Å². The van der Waals surface area contributed by atoms with Crippen molar-refractivity contribution in [3.63, 3.8) is 0 Å². The molecule has 5 amide bonds. The van der Waals surface area contributed by atoms with Crippen LogP contribution in [0.5, 0.6) is 0 Å². The minimum absolute atomic E-state index is 0.0235. The first-order valence-electron chi connectivity index (χ1n) is 28.1. The zero-order valence-electron chi connectivity index (χ0n) is 50.0. The molecular weight excluding hydrogens is 1150 g/mol. The van der Waals surface area contributed by atoms with Gasteiger partial charge in [-0.2, -0.15) is 0 Å². The van der Waals surface area contributed by atoms with Crippen LogP contribution in [0.4, 0.5) is 4.79 Å². The van der Waals surface area contributed by atoms with Gasteiger partial charge >= 0.3 is 30.0 Å². The lowest BCUT2D eigenvalue weighted by Gasteiger charge is -2.52. The second-order valence-corrected chi connectivity index (χ2v) is 22.8. The fourth-order valence-corrected chi connectivity index (χ4v) is 11.6. The zero-order chi connectivity index (χ0) is 64.1. The van der Waals surface area contributed by atoms with Crippen molar-refractivity contribution in [3.05, 3.63) is 11.5 Å². The molecule has 6 aliphatic rings. The molecule has 32 heteroatoms. The number of ether oxygens (including phenoxy) is 14. The van der Waals surface area contributed by atoms with Crippen LogP contribution in [0.3, 0.4) is 0 Å². The standard InChI is InChI=1S/C54H81N5O27/c1-18-19(2)39(76-27(10)63)51(79-32(18)16-73-26(9)62)74-17-33-41(42(78-29(12)65)36(58-25(8)61)50(80-33)84-43-44(86-53(56)71)54(13,72)45(46(55)68)85-48(43)70)83-49-34(57-24(7)60)22(5)37(23(6)75-49)81-52-40(77-28(11)64)21(4)20(3)38(82-52)47(69)59-35-30(66)14-15-31(35)67/h18-23,32-34,36-45,48-52,66,70,72H,14-17H2,1-13H3,(H2,55,68)(H2,56,71)(H,57,60)(H,58,61)(H,59,69)/t18-,19-,20+,21-,22+,23?,32?,33?,34?,36?,37-,38?,39?,40?,41+,42+,43?,44+,45?,48+,49-,50-,51+,52+,54-/m0/s1. The van der Waals surface area contributed by atoms with Crippen LogP contribution in [0.25, 0.3) is 0 Å². The maximum atomic E-state index is 13.9. The Morgan fingerprint density at radius 1 is 0.581 bits per heavy atom. The monoisotopic (exact) mass is 1230 g/mol. The summed E-state index contributed by atoms with van der Waals surface area (Å²) >= 11 is 0.